The van der Waals surface area contributed by atoms with Crippen LogP contribution < -0.4 is 20.3 Å². The third-order valence-corrected chi connectivity index (χ3v) is 7.52. The van der Waals surface area contributed by atoms with E-state index in [0.29, 0.717) is 42.1 Å². The first kappa shape index (κ1) is 30.8. The molecule has 0 aliphatic carbocycles. The van der Waals surface area contributed by atoms with Gasteiger partial charge in [-0.15, -0.1) is 0 Å². The summed E-state index contributed by atoms with van der Waals surface area (Å²) in [6, 6.07) is 2.65. The maximum Gasteiger partial charge on any atom is 0.407 e. The Labute approximate surface area is 253 Å². The zero-order chi connectivity index (χ0) is 30.7. The molecule has 11 nitrogen and oxygen atoms in total. The molecule has 2 fully saturated rings. The SMILES string of the molecule is CC(C)(C)OC(=O)N[C@H]1CN(c2ncc(OC(c3ncc(Cl)cn3)[C@@H]3CCNC[C@@H]3O)cn2)C[C@@H]1c1cc(F)ccc1F. The number of halogens is 3. The van der Waals surface area contributed by atoms with E-state index >= 15 is 0 Å². The fourth-order valence-electron chi connectivity index (χ4n) is 5.38. The van der Waals surface area contributed by atoms with E-state index < -0.39 is 47.5 Å². The number of benzene rings is 1. The van der Waals surface area contributed by atoms with Crippen molar-refractivity contribution >= 4 is 23.6 Å². The second-order valence-corrected chi connectivity index (χ2v) is 12.1. The molecule has 0 spiro atoms. The van der Waals surface area contributed by atoms with E-state index in [9.17, 15) is 18.7 Å². The number of carbonyl (C=O) groups is 1. The van der Waals surface area contributed by atoms with E-state index in [1.165, 1.54) is 24.8 Å². The number of hydrogen-bond donors (Lipinski definition) is 3. The minimum Gasteiger partial charge on any atom is -0.479 e. The highest BCUT2D eigenvalue weighted by atomic mass is 35.5. The summed E-state index contributed by atoms with van der Waals surface area (Å²) >= 11 is 5.98. The van der Waals surface area contributed by atoms with Gasteiger partial charge in [0.05, 0.1) is 29.6 Å². The molecule has 1 unspecified atom stereocenters. The Morgan fingerprint density at radius 3 is 2.53 bits per heavy atom. The largest absolute Gasteiger partial charge is 0.479 e. The van der Waals surface area contributed by atoms with E-state index in [4.69, 9.17) is 21.1 Å². The molecule has 5 rings (SSSR count). The lowest BCUT2D eigenvalue weighted by Crippen LogP contribution is -2.44. The summed E-state index contributed by atoms with van der Waals surface area (Å²) in [7, 11) is 0. The van der Waals surface area contributed by atoms with Crippen LogP contribution in [0, 0.1) is 17.6 Å². The molecule has 0 bridgehead atoms. The molecular formula is C29H34ClF2N7O4. The quantitative estimate of drug-likeness (QED) is 0.359. The number of aliphatic hydroxyl groups is 1. The molecule has 14 heteroatoms. The number of nitrogens with zero attached hydrogens (tertiary/aromatic N) is 5. The fourth-order valence-corrected chi connectivity index (χ4v) is 5.48. The van der Waals surface area contributed by atoms with Gasteiger partial charge in [-0.05, 0) is 57.5 Å². The Morgan fingerprint density at radius 2 is 1.86 bits per heavy atom. The van der Waals surface area contributed by atoms with Gasteiger partial charge in [-0.25, -0.2) is 33.5 Å². The molecule has 43 heavy (non-hydrogen) atoms. The smallest absolute Gasteiger partial charge is 0.407 e. The highest BCUT2D eigenvalue weighted by Gasteiger charge is 2.39. The second kappa shape index (κ2) is 12.9. The molecule has 0 radical (unpaired) electrons. The summed E-state index contributed by atoms with van der Waals surface area (Å²) in [6.45, 7) is 6.77. The normalized spacial score (nSPS) is 23.1. The van der Waals surface area contributed by atoms with Crippen molar-refractivity contribution in [3.8, 4) is 5.75 Å². The summed E-state index contributed by atoms with van der Waals surface area (Å²) in [4.78, 5) is 32.0. The third-order valence-electron chi connectivity index (χ3n) is 7.33. The van der Waals surface area contributed by atoms with Crippen molar-refractivity contribution in [2.75, 3.05) is 31.1 Å². The van der Waals surface area contributed by atoms with Crippen LogP contribution in [0.15, 0.2) is 43.0 Å². The maximum atomic E-state index is 14.8. The number of alkyl carbamates (subject to hydrolysis) is 1. The van der Waals surface area contributed by atoms with Crippen LogP contribution in [-0.4, -0.2) is 75.1 Å². The van der Waals surface area contributed by atoms with Crippen LogP contribution in [0.3, 0.4) is 0 Å². The number of hydrogen-bond acceptors (Lipinski definition) is 10. The molecule has 0 saturated carbocycles. The molecule has 2 aromatic heterocycles. The number of anilines is 1. The fraction of sp³-hybridized carbons (Fsp3) is 0.483. The molecule has 5 atom stereocenters. The van der Waals surface area contributed by atoms with Crippen molar-refractivity contribution in [1.82, 2.24) is 30.6 Å². The minimum atomic E-state index is -0.736. The van der Waals surface area contributed by atoms with Crippen LogP contribution in [-0.2, 0) is 4.74 Å². The van der Waals surface area contributed by atoms with Crippen molar-refractivity contribution in [2.24, 2.45) is 5.92 Å². The lowest BCUT2D eigenvalue weighted by atomic mass is 9.89. The Balaban J connectivity index is 1.36. The standard InChI is InChI=1S/C29H34ClF2N7O4/c1-29(2,3)43-28(41)38-23-15-39(14-21(23)20-8-17(31)4-5-22(20)32)27-36-11-18(12-37-27)42-25(19-6-7-33-13-24(19)40)26-34-9-16(30)10-35-26/h4-5,8-12,19,21,23-25,33,40H,6-7,13-15H2,1-3H3,(H,38,41)/t19-,21-,23+,24+,25?/m1/s1. The highest BCUT2D eigenvalue weighted by molar-refractivity contribution is 6.30. The number of amides is 1. The Bertz CT molecular complexity index is 1410. The lowest BCUT2D eigenvalue weighted by molar-refractivity contribution is 0.00247. The summed E-state index contributed by atoms with van der Waals surface area (Å²) < 4.78 is 40.6. The molecular weight excluding hydrogens is 584 g/mol. The van der Waals surface area contributed by atoms with Crippen LogP contribution in [0.4, 0.5) is 19.5 Å². The molecule has 1 aromatic carbocycles. The first-order valence-corrected chi connectivity index (χ1v) is 14.4. The Kier molecular flexibility index (Phi) is 9.23. The van der Waals surface area contributed by atoms with Gasteiger partial charge < -0.3 is 30.1 Å². The zero-order valence-corrected chi connectivity index (χ0v) is 24.8. The number of aliphatic hydroxyl groups excluding tert-OH is 1. The number of rotatable bonds is 7. The average molecular weight is 618 g/mol. The van der Waals surface area contributed by atoms with Crippen molar-refractivity contribution in [1.29, 1.82) is 0 Å². The number of β-amino-alcohol motifs (C(OH)–C–C–N with tert-alkyl or cyclic N) is 1. The van der Waals surface area contributed by atoms with E-state index in [2.05, 4.69) is 30.6 Å². The van der Waals surface area contributed by atoms with Crippen molar-refractivity contribution in [2.45, 2.75) is 57.0 Å². The zero-order valence-electron chi connectivity index (χ0n) is 24.0. The summed E-state index contributed by atoms with van der Waals surface area (Å²) in [5, 5.41) is 17.0. The predicted octanol–water partition coefficient (Wildman–Crippen LogP) is 3.79. The minimum absolute atomic E-state index is 0.134. The number of piperidine rings is 1. The number of ether oxygens (including phenoxy) is 2. The molecule has 2 aliphatic rings. The van der Waals surface area contributed by atoms with E-state index in [-0.39, 0.29) is 24.6 Å². The number of nitrogens with one attached hydrogen (secondary N) is 2. The van der Waals surface area contributed by atoms with Crippen molar-refractivity contribution < 1.29 is 28.2 Å². The predicted molar refractivity (Wildman–Crippen MR) is 154 cm³/mol. The molecule has 2 saturated heterocycles. The maximum absolute atomic E-state index is 14.8. The Morgan fingerprint density at radius 1 is 1.14 bits per heavy atom. The first-order valence-electron chi connectivity index (χ1n) is 14.0. The summed E-state index contributed by atoms with van der Waals surface area (Å²) in [6.07, 6.45) is 4.53. The monoisotopic (exact) mass is 617 g/mol. The van der Waals surface area contributed by atoms with Gasteiger partial charge >= 0.3 is 6.09 Å². The van der Waals surface area contributed by atoms with Crippen LogP contribution in [0.25, 0.3) is 0 Å². The van der Waals surface area contributed by atoms with Gasteiger partial charge in [0, 0.05) is 43.9 Å². The number of carbonyl (C=O) groups excluding carboxylic acids is 1. The van der Waals surface area contributed by atoms with Crippen LogP contribution in [0.2, 0.25) is 5.02 Å². The van der Waals surface area contributed by atoms with Gasteiger partial charge in [-0.2, -0.15) is 0 Å². The third kappa shape index (κ3) is 7.64. The number of aromatic nitrogens is 4. The van der Waals surface area contributed by atoms with Gasteiger partial charge in [0.2, 0.25) is 5.95 Å². The first-order chi connectivity index (χ1) is 20.5. The van der Waals surface area contributed by atoms with E-state index in [0.717, 1.165) is 18.2 Å². The highest BCUT2D eigenvalue weighted by Crippen LogP contribution is 2.34. The van der Waals surface area contributed by atoms with Crippen LogP contribution in [0.1, 0.15) is 50.6 Å². The molecule has 4 heterocycles. The lowest BCUT2D eigenvalue weighted by Gasteiger charge is -2.33. The summed E-state index contributed by atoms with van der Waals surface area (Å²) in [5.41, 5.74) is -0.602. The van der Waals surface area contributed by atoms with Gasteiger partial charge in [-0.3, -0.25) is 0 Å². The second-order valence-electron chi connectivity index (χ2n) is 11.7. The average Bonchev–Trinajstić information content (AvgIpc) is 3.36. The Hall–Kier alpha value is -3.68. The van der Waals surface area contributed by atoms with Crippen molar-refractivity contribution in [3.63, 3.8) is 0 Å². The molecule has 2 aliphatic heterocycles. The van der Waals surface area contributed by atoms with Gasteiger partial charge in [-0.1, -0.05) is 11.6 Å². The molecule has 1 amide bonds. The topological polar surface area (TPSA) is 135 Å². The van der Waals surface area contributed by atoms with Gasteiger partial charge in [0.25, 0.3) is 0 Å². The van der Waals surface area contributed by atoms with E-state index in [1.54, 1.807) is 25.7 Å². The van der Waals surface area contributed by atoms with Gasteiger partial charge in [0.1, 0.15) is 17.2 Å². The summed E-state index contributed by atoms with van der Waals surface area (Å²) in [5.74, 6) is -1.05. The van der Waals surface area contributed by atoms with E-state index in [1.807, 2.05) is 0 Å². The van der Waals surface area contributed by atoms with Crippen molar-refractivity contribution in [3.05, 3.63) is 71.0 Å². The van der Waals surface area contributed by atoms with Gasteiger partial charge in [0.15, 0.2) is 17.7 Å². The molecule has 3 N–H and O–H groups in total. The molecule has 3 aromatic rings. The molecule has 230 valence electrons. The van der Waals surface area contributed by atoms with Crippen LogP contribution in [0.5, 0.6) is 5.75 Å². The van der Waals surface area contributed by atoms with Crippen LogP contribution >= 0.6 is 11.6 Å².